The maximum atomic E-state index is 11.8. The van der Waals surface area contributed by atoms with Crippen molar-refractivity contribution in [3.8, 4) is 0 Å². The van der Waals surface area contributed by atoms with Gasteiger partial charge in [0.2, 0.25) is 5.91 Å². The molecular formula is C18H29N3O2. The van der Waals surface area contributed by atoms with Gasteiger partial charge in [0.1, 0.15) is 0 Å². The van der Waals surface area contributed by atoms with Crippen LogP contribution in [-0.4, -0.2) is 50.2 Å². The highest BCUT2D eigenvalue weighted by Gasteiger charge is 2.17. The number of hydrogen-bond acceptors (Lipinski definition) is 4. The van der Waals surface area contributed by atoms with E-state index in [0.717, 1.165) is 12.2 Å². The van der Waals surface area contributed by atoms with Gasteiger partial charge >= 0.3 is 0 Å². The van der Waals surface area contributed by atoms with Crippen molar-refractivity contribution < 1.29 is 9.53 Å². The van der Waals surface area contributed by atoms with Crippen LogP contribution in [0.4, 0.5) is 5.69 Å². The van der Waals surface area contributed by atoms with Gasteiger partial charge in [0.25, 0.3) is 0 Å². The molecule has 2 rings (SSSR count). The minimum absolute atomic E-state index is 0.0292. The van der Waals surface area contributed by atoms with E-state index in [9.17, 15) is 4.79 Å². The highest BCUT2D eigenvalue weighted by Crippen LogP contribution is 2.19. The number of hydrogen-bond donors (Lipinski definition) is 2. The quantitative estimate of drug-likeness (QED) is 0.722. The molecule has 1 aliphatic rings. The second kappa shape index (κ2) is 9.65. The standard InChI is InChI=1S/C18H29N3O2/c1-15-5-3-4-11-21(15)14-16-6-8-17(9-7-16)20-18(22)13-19-10-12-23-2/h6-9,15,19H,3-5,10-14H2,1-2H3,(H,20,22). The number of likely N-dealkylation sites (tertiary alicyclic amines) is 1. The SMILES string of the molecule is COCCNCC(=O)Nc1ccc(CN2CCCCC2C)cc1. The van der Waals surface area contributed by atoms with Gasteiger partial charge in [-0.2, -0.15) is 0 Å². The fourth-order valence-corrected chi connectivity index (χ4v) is 2.90. The van der Waals surface area contributed by atoms with Crippen LogP contribution in [0.5, 0.6) is 0 Å². The van der Waals surface area contributed by atoms with Crippen molar-refractivity contribution >= 4 is 11.6 Å². The average Bonchev–Trinajstić information content (AvgIpc) is 2.55. The van der Waals surface area contributed by atoms with Crippen LogP contribution in [0.25, 0.3) is 0 Å². The molecule has 1 aromatic carbocycles. The number of piperidine rings is 1. The summed E-state index contributed by atoms with van der Waals surface area (Å²) in [5.41, 5.74) is 2.15. The number of methoxy groups -OCH3 is 1. The molecule has 1 amide bonds. The average molecular weight is 319 g/mol. The van der Waals surface area contributed by atoms with Gasteiger partial charge in [0, 0.05) is 31.9 Å². The number of amides is 1. The largest absolute Gasteiger partial charge is 0.383 e. The van der Waals surface area contributed by atoms with Crippen molar-refractivity contribution in [3.05, 3.63) is 29.8 Å². The van der Waals surface area contributed by atoms with Gasteiger partial charge in [-0.15, -0.1) is 0 Å². The lowest BCUT2D eigenvalue weighted by Crippen LogP contribution is -2.36. The van der Waals surface area contributed by atoms with Crippen molar-refractivity contribution in [2.24, 2.45) is 0 Å². The van der Waals surface area contributed by atoms with Gasteiger partial charge in [-0.3, -0.25) is 9.69 Å². The number of carbonyl (C=O) groups excluding carboxylic acids is 1. The molecule has 0 bridgehead atoms. The Hall–Kier alpha value is -1.43. The van der Waals surface area contributed by atoms with Gasteiger partial charge in [0.15, 0.2) is 0 Å². The van der Waals surface area contributed by atoms with E-state index in [4.69, 9.17) is 4.74 Å². The van der Waals surface area contributed by atoms with Crippen molar-refractivity contribution in [2.45, 2.75) is 38.8 Å². The van der Waals surface area contributed by atoms with Crippen molar-refractivity contribution in [1.29, 1.82) is 0 Å². The Bertz CT molecular complexity index is 476. The molecule has 0 saturated carbocycles. The second-order valence-electron chi connectivity index (χ2n) is 6.23. The monoisotopic (exact) mass is 319 g/mol. The molecule has 5 nitrogen and oxygen atoms in total. The van der Waals surface area contributed by atoms with E-state index in [-0.39, 0.29) is 5.91 Å². The first-order valence-corrected chi connectivity index (χ1v) is 8.51. The van der Waals surface area contributed by atoms with E-state index in [2.05, 4.69) is 34.6 Å². The predicted octanol–water partition coefficient (Wildman–Crippen LogP) is 2.24. The van der Waals surface area contributed by atoms with Gasteiger partial charge < -0.3 is 15.4 Å². The Kier molecular flexibility index (Phi) is 7.52. The summed E-state index contributed by atoms with van der Waals surface area (Å²) in [6.07, 6.45) is 3.94. The molecule has 5 heteroatoms. The molecule has 128 valence electrons. The Morgan fingerprint density at radius 1 is 1.30 bits per heavy atom. The van der Waals surface area contributed by atoms with Crippen LogP contribution in [0.1, 0.15) is 31.7 Å². The molecule has 0 radical (unpaired) electrons. The van der Waals surface area contributed by atoms with Crippen LogP contribution in [0, 0.1) is 0 Å². The van der Waals surface area contributed by atoms with E-state index in [1.165, 1.54) is 31.4 Å². The van der Waals surface area contributed by atoms with E-state index in [0.29, 0.717) is 25.7 Å². The normalized spacial score (nSPS) is 18.8. The summed E-state index contributed by atoms with van der Waals surface area (Å²) in [6.45, 7) is 6.08. The fraction of sp³-hybridized carbons (Fsp3) is 0.611. The third-order valence-electron chi connectivity index (χ3n) is 4.33. The van der Waals surface area contributed by atoms with E-state index < -0.39 is 0 Å². The van der Waals surface area contributed by atoms with Crippen LogP contribution in [0.2, 0.25) is 0 Å². The minimum Gasteiger partial charge on any atom is -0.383 e. The first-order chi connectivity index (χ1) is 11.2. The number of ether oxygens (including phenoxy) is 1. The number of carbonyl (C=O) groups is 1. The lowest BCUT2D eigenvalue weighted by atomic mass is 10.0. The number of rotatable bonds is 8. The van der Waals surface area contributed by atoms with E-state index in [1.54, 1.807) is 7.11 Å². The third kappa shape index (κ3) is 6.29. The molecule has 1 atom stereocenters. The Labute approximate surface area is 139 Å². The summed E-state index contributed by atoms with van der Waals surface area (Å²) in [4.78, 5) is 14.3. The van der Waals surface area contributed by atoms with Crippen molar-refractivity contribution in [2.75, 3.05) is 38.7 Å². The maximum Gasteiger partial charge on any atom is 0.238 e. The van der Waals surface area contributed by atoms with Gasteiger partial charge in [0.05, 0.1) is 13.2 Å². The smallest absolute Gasteiger partial charge is 0.238 e. The highest BCUT2D eigenvalue weighted by molar-refractivity contribution is 5.92. The van der Waals surface area contributed by atoms with Crippen molar-refractivity contribution in [1.82, 2.24) is 10.2 Å². The zero-order valence-corrected chi connectivity index (χ0v) is 14.3. The van der Waals surface area contributed by atoms with Gasteiger partial charge in [-0.05, 0) is 44.0 Å². The summed E-state index contributed by atoms with van der Waals surface area (Å²) in [5.74, 6) is -0.0292. The first-order valence-electron chi connectivity index (χ1n) is 8.51. The summed E-state index contributed by atoms with van der Waals surface area (Å²) in [5, 5.41) is 5.94. The molecule has 1 fully saturated rings. The topological polar surface area (TPSA) is 53.6 Å². The van der Waals surface area contributed by atoms with Crippen LogP contribution >= 0.6 is 0 Å². The molecular weight excluding hydrogens is 290 g/mol. The summed E-state index contributed by atoms with van der Waals surface area (Å²) in [7, 11) is 1.65. The summed E-state index contributed by atoms with van der Waals surface area (Å²) < 4.78 is 4.93. The highest BCUT2D eigenvalue weighted by atomic mass is 16.5. The lowest BCUT2D eigenvalue weighted by Gasteiger charge is -2.33. The van der Waals surface area contributed by atoms with Crippen LogP contribution in [0.3, 0.4) is 0 Å². The van der Waals surface area contributed by atoms with Crippen LogP contribution in [-0.2, 0) is 16.1 Å². The van der Waals surface area contributed by atoms with Crippen molar-refractivity contribution in [3.63, 3.8) is 0 Å². The molecule has 0 aliphatic carbocycles. The lowest BCUT2D eigenvalue weighted by molar-refractivity contribution is -0.115. The molecule has 1 aliphatic heterocycles. The second-order valence-corrected chi connectivity index (χ2v) is 6.23. The number of anilines is 1. The fourth-order valence-electron chi connectivity index (χ4n) is 2.90. The Morgan fingerprint density at radius 3 is 2.78 bits per heavy atom. The molecule has 0 spiro atoms. The van der Waals surface area contributed by atoms with Crippen LogP contribution in [0.15, 0.2) is 24.3 Å². The molecule has 1 aromatic rings. The predicted molar refractivity (Wildman–Crippen MR) is 93.5 cm³/mol. The molecule has 23 heavy (non-hydrogen) atoms. The maximum absolute atomic E-state index is 11.8. The first kappa shape index (κ1) is 17.9. The summed E-state index contributed by atoms with van der Waals surface area (Å²) >= 11 is 0. The molecule has 1 unspecified atom stereocenters. The van der Waals surface area contributed by atoms with E-state index >= 15 is 0 Å². The zero-order chi connectivity index (χ0) is 16.5. The zero-order valence-electron chi connectivity index (χ0n) is 14.3. The minimum atomic E-state index is -0.0292. The summed E-state index contributed by atoms with van der Waals surface area (Å²) in [6, 6.07) is 8.85. The van der Waals surface area contributed by atoms with Gasteiger partial charge in [-0.25, -0.2) is 0 Å². The Morgan fingerprint density at radius 2 is 2.09 bits per heavy atom. The third-order valence-corrected chi connectivity index (χ3v) is 4.33. The molecule has 1 heterocycles. The molecule has 2 N–H and O–H groups in total. The number of nitrogens with zero attached hydrogens (tertiary/aromatic N) is 1. The van der Waals surface area contributed by atoms with E-state index in [1.807, 2.05) is 12.1 Å². The number of benzene rings is 1. The molecule has 0 aromatic heterocycles. The van der Waals surface area contributed by atoms with Gasteiger partial charge in [-0.1, -0.05) is 18.6 Å². The Balaban J connectivity index is 1.76. The molecule has 1 saturated heterocycles. The van der Waals surface area contributed by atoms with Crippen LogP contribution < -0.4 is 10.6 Å². The number of nitrogens with one attached hydrogen (secondary N) is 2.